The lowest BCUT2D eigenvalue weighted by molar-refractivity contribution is 0.0926. The van der Waals surface area contributed by atoms with Gasteiger partial charge in [0.15, 0.2) is 16.5 Å². The van der Waals surface area contributed by atoms with Crippen molar-refractivity contribution in [3.8, 4) is 16.5 Å². The Morgan fingerprint density at radius 1 is 0.967 bits per heavy atom. The molecule has 0 aliphatic carbocycles. The molecule has 0 spiro atoms. The number of benzene rings is 2. The number of para-hydroxylation sites is 1. The standard InChI is InChI=1S/C22H19N3O4S/c26-15-6-3-5-14(13-15)20(27)23-11-4-12-24-21(28)17-9-10-18(29-17)22-25-16-7-1-2-8-19(16)30-22/h1-3,5-10,13,26H,4,11-12H2,(H,23,27)(H,24,28). The van der Waals surface area contributed by atoms with Crippen LogP contribution in [0, 0.1) is 0 Å². The molecule has 30 heavy (non-hydrogen) atoms. The van der Waals surface area contributed by atoms with Crippen LogP contribution in [-0.2, 0) is 0 Å². The Bertz CT molecular complexity index is 1160. The largest absolute Gasteiger partial charge is 0.508 e. The summed E-state index contributed by atoms with van der Waals surface area (Å²) in [5, 5.41) is 15.7. The van der Waals surface area contributed by atoms with E-state index in [1.165, 1.54) is 23.5 Å². The van der Waals surface area contributed by atoms with Gasteiger partial charge in [0.1, 0.15) is 5.75 Å². The van der Waals surface area contributed by atoms with Crippen molar-refractivity contribution in [3.63, 3.8) is 0 Å². The van der Waals surface area contributed by atoms with Crippen LogP contribution in [0.1, 0.15) is 27.3 Å². The Balaban J connectivity index is 1.25. The van der Waals surface area contributed by atoms with E-state index in [1.807, 2.05) is 24.3 Å². The molecule has 8 heteroatoms. The first-order valence-electron chi connectivity index (χ1n) is 9.41. The number of hydrogen-bond acceptors (Lipinski definition) is 6. The average molecular weight is 421 g/mol. The zero-order chi connectivity index (χ0) is 20.9. The Labute approximate surface area is 176 Å². The lowest BCUT2D eigenvalue weighted by atomic mass is 10.2. The van der Waals surface area contributed by atoms with E-state index in [0.717, 1.165) is 15.2 Å². The first-order chi connectivity index (χ1) is 14.6. The molecule has 2 aromatic heterocycles. The third kappa shape index (κ3) is 4.49. The zero-order valence-electron chi connectivity index (χ0n) is 15.9. The minimum atomic E-state index is -0.318. The molecule has 0 fully saturated rings. The van der Waals surface area contributed by atoms with Gasteiger partial charge in [-0.25, -0.2) is 4.98 Å². The molecule has 0 atom stereocenters. The molecule has 152 valence electrons. The van der Waals surface area contributed by atoms with E-state index in [9.17, 15) is 14.7 Å². The summed E-state index contributed by atoms with van der Waals surface area (Å²) in [5.41, 5.74) is 1.28. The van der Waals surface area contributed by atoms with Gasteiger partial charge in [0.2, 0.25) is 0 Å². The predicted octanol–water partition coefficient (Wildman–Crippen LogP) is 3.81. The van der Waals surface area contributed by atoms with Gasteiger partial charge in [-0.3, -0.25) is 9.59 Å². The molecule has 0 radical (unpaired) electrons. The molecule has 0 unspecified atom stereocenters. The second kappa shape index (κ2) is 8.79. The quantitative estimate of drug-likeness (QED) is 0.394. The summed E-state index contributed by atoms with van der Waals surface area (Å²) in [6, 6.07) is 17.3. The number of nitrogens with one attached hydrogen (secondary N) is 2. The van der Waals surface area contributed by atoms with Crippen LogP contribution >= 0.6 is 11.3 Å². The fourth-order valence-corrected chi connectivity index (χ4v) is 3.81. The van der Waals surface area contributed by atoms with Crippen molar-refractivity contribution in [2.24, 2.45) is 0 Å². The summed E-state index contributed by atoms with van der Waals surface area (Å²) in [6.45, 7) is 0.778. The maximum atomic E-state index is 12.3. The van der Waals surface area contributed by atoms with Crippen LogP contribution in [0.2, 0.25) is 0 Å². The molecule has 2 aromatic carbocycles. The third-order valence-electron chi connectivity index (χ3n) is 4.37. The van der Waals surface area contributed by atoms with Crippen LogP contribution in [0.25, 0.3) is 21.0 Å². The van der Waals surface area contributed by atoms with Crippen molar-refractivity contribution in [1.82, 2.24) is 15.6 Å². The molecule has 0 aliphatic rings. The summed E-state index contributed by atoms with van der Waals surface area (Å²) < 4.78 is 6.73. The summed E-state index contributed by atoms with van der Waals surface area (Å²) >= 11 is 1.51. The maximum absolute atomic E-state index is 12.3. The van der Waals surface area contributed by atoms with E-state index >= 15 is 0 Å². The first-order valence-corrected chi connectivity index (χ1v) is 10.2. The topological polar surface area (TPSA) is 104 Å². The first kappa shape index (κ1) is 19.7. The third-order valence-corrected chi connectivity index (χ3v) is 5.42. The van der Waals surface area contributed by atoms with Crippen LogP contribution in [0.3, 0.4) is 0 Å². The van der Waals surface area contributed by atoms with Gasteiger partial charge in [-0.15, -0.1) is 11.3 Å². The second-order valence-electron chi connectivity index (χ2n) is 6.57. The summed E-state index contributed by atoms with van der Waals surface area (Å²) in [6.07, 6.45) is 0.557. The molecule has 0 aliphatic heterocycles. The van der Waals surface area contributed by atoms with Crippen LogP contribution in [0.5, 0.6) is 5.75 Å². The van der Waals surface area contributed by atoms with Crippen LogP contribution in [-0.4, -0.2) is 35.0 Å². The van der Waals surface area contributed by atoms with Crippen LogP contribution in [0.15, 0.2) is 65.1 Å². The van der Waals surface area contributed by atoms with Gasteiger partial charge in [0.25, 0.3) is 11.8 Å². The smallest absolute Gasteiger partial charge is 0.287 e. The number of carbonyl (C=O) groups is 2. The lowest BCUT2D eigenvalue weighted by Gasteiger charge is -2.06. The number of thiazole rings is 1. The van der Waals surface area contributed by atoms with Gasteiger partial charge in [-0.1, -0.05) is 18.2 Å². The van der Waals surface area contributed by atoms with Gasteiger partial charge in [-0.05, 0) is 48.9 Å². The molecule has 0 saturated carbocycles. The highest BCUT2D eigenvalue weighted by Crippen LogP contribution is 2.31. The minimum Gasteiger partial charge on any atom is -0.508 e. The Morgan fingerprint density at radius 3 is 2.57 bits per heavy atom. The summed E-state index contributed by atoms with van der Waals surface area (Å²) in [7, 11) is 0. The van der Waals surface area contributed by atoms with Gasteiger partial charge in [-0.2, -0.15) is 0 Å². The minimum absolute atomic E-state index is 0.0403. The second-order valence-corrected chi connectivity index (χ2v) is 7.60. The molecular formula is C22H19N3O4S. The van der Waals surface area contributed by atoms with Crippen molar-refractivity contribution in [2.45, 2.75) is 6.42 Å². The van der Waals surface area contributed by atoms with Crippen molar-refractivity contribution in [3.05, 3.63) is 72.0 Å². The molecule has 7 nitrogen and oxygen atoms in total. The van der Waals surface area contributed by atoms with E-state index in [1.54, 1.807) is 24.3 Å². The summed E-state index contributed by atoms with van der Waals surface area (Å²) in [4.78, 5) is 28.8. The molecule has 0 bridgehead atoms. The van der Waals surface area contributed by atoms with Crippen molar-refractivity contribution >= 4 is 33.4 Å². The monoisotopic (exact) mass is 421 g/mol. The van der Waals surface area contributed by atoms with Crippen molar-refractivity contribution in [1.29, 1.82) is 0 Å². The highest BCUT2D eigenvalue weighted by atomic mass is 32.1. The highest BCUT2D eigenvalue weighted by molar-refractivity contribution is 7.21. The SMILES string of the molecule is O=C(NCCCNC(=O)c1ccc(-c2nc3ccccc3s2)o1)c1cccc(O)c1. The number of hydrogen-bond donors (Lipinski definition) is 3. The zero-order valence-corrected chi connectivity index (χ0v) is 16.7. The van der Waals surface area contributed by atoms with Gasteiger partial charge >= 0.3 is 0 Å². The highest BCUT2D eigenvalue weighted by Gasteiger charge is 2.14. The average Bonchev–Trinajstić information content (AvgIpc) is 3.40. The number of fused-ring (bicyclic) bond motifs is 1. The van der Waals surface area contributed by atoms with Gasteiger partial charge < -0.3 is 20.2 Å². The predicted molar refractivity (Wildman–Crippen MR) is 115 cm³/mol. The lowest BCUT2D eigenvalue weighted by Crippen LogP contribution is -2.29. The molecule has 3 N–H and O–H groups in total. The number of furan rings is 1. The Kier molecular flexibility index (Phi) is 5.76. The fourth-order valence-electron chi connectivity index (χ4n) is 2.88. The van der Waals surface area contributed by atoms with Crippen molar-refractivity contribution < 1.29 is 19.1 Å². The number of phenolic OH excluding ortho intramolecular Hbond substituents is 1. The maximum Gasteiger partial charge on any atom is 0.287 e. The van der Waals surface area contributed by atoms with Crippen LogP contribution < -0.4 is 10.6 Å². The number of phenols is 1. The van der Waals surface area contributed by atoms with Gasteiger partial charge in [0, 0.05) is 18.7 Å². The van der Waals surface area contributed by atoms with E-state index in [-0.39, 0.29) is 23.3 Å². The molecule has 4 aromatic rings. The number of rotatable bonds is 7. The molecule has 4 rings (SSSR count). The number of nitrogens with zero attached hydrogens (tertiary/aromatic N) is 1. The molecule has 2 amide bonds. The van der Waals surface area contributed by atoms with E-state index < -0.39 is 0 Å². The number of aromatic hydroxyl groups is 1. The van der Waals surface area contributed by atoms with Gasteiger partial charge in [0.05, 0.1) is 10.2 Å². The summed E-state index contributed by atoms with van der Waals surface area (Å²) in [5.74, 6) is 0.219. The van der Waals surface area contributed by atoms with Crippen LogP contribution in [0.4, 0.5) is 0 Å². The Hall–Kier alpha value is -3.65. The number of aromatic nitrogens is 1. The molecule has 2 heterocycles. The normalized spacial score (nSPS) is 10.8. The fraction of sp³-hybridized carbons (Fsp3) is 0.136. The number of amides is 2. The molecular weight excluding hydrogens is 402 g/mol. The Morgan fingerprint density at radius 2 is 1.77 bits per heavy atom. The van der Waals surface area contributed by atoms with E-state index in [0.29, 0.717) is 30.8 Å². The van der Waals surface area contributed by atoms with Crippen molar-refractivity contribution in [2.75, 3.05) is 13.1 Å². The molecule has 0 saturated heterocycles. The van der Waals surface area contributed by atoms with E-state index in [2.05, 4.69) is 15.6 Å². The van der Waals surface area contributed by atoms with E-state index in [4.69, 9.17) is 4.42 Å². The number of carbonyl (C=O) groups excluding carboxylic acids is 2.